The number of hydrogen-bond acceptors (Lipinski definition) is 1. The molecule has 0 aliphatic heterocycles. The van der Waals surface area contributed by atoms with Gasteiger partial charge in [-0.15, -0.1) is 12.6 Å². The van der Waals surface area contributed by atoms with Crippen molar-refractivity contribution in [1.82, 2.24) is 0 Å². The topological polar surface area (TPSA) is 0 Å². The highest BCUT2D eigenvalue weighted by molar-refractivity contribution is 7.80. The molecular formula is C7H7S. The Morgan fingerprint density at radius 3 is 2.62 bits per heavy atom. The highest BCUT2D eigenvalue weighted by Crippen LogP contribution is 2.04. The van der Waals surface area contributed by atoms with Crippen LogP contribution in [0, 0.1) is 13.0 Å². The first-order valence-electron chi connectivity index (χ1n) is 2.46. The summed E-state index contributed by atoms with van der Waals surface area (Å²) in [5.41, 5.74) is 1.22. The normalized spacial score (nSPS) is 9.25. The van der Waals surface area contributed by atoms with E-state index in [2.05, 4.69) is 18.7 Å². The van der Waals surface area contributed by atoms with Gasteiger partial charge in [0.15, 0.2) is 0 Å². The minimum Gasteiger partial charge on any atom is -0.143 e. The average molecular weight is 123 g/mol. The minimum absolute atomic E-state index is 0.899. The first-order chi connectivity index (χ1) is 3.79. The fraction of sp³-hybridized carbons (Fsp3) is 0.143. The molecule has 1 heteroatoms. The van der Waals surface area contributed by atoms with Crippen LogP contribution in [0.5, 0.6) is 0 Å². The largest absolute Gasteiger partial charge is 0.143 e. The van der Waals surface area contributed by atoms with Gasteiger partial charge in [0.05, 0.1) is 0 Å². The van der Waals surface area contributed by atoms with E-state index in [4.69, 9.17) is 0 Å². The molecule has 41 valence electrons. The molecule has 0 amide bonds. The third kappa shape index (κ3) is 1.27. The van der Waals surface area contributed by atoms with Gasteiger partial charge >= 0.3 is 0 Å². The van der Waals surface area contributed by atoms with E-state index in [0.717, 1.165) is 4.90 Å². The lowest BCUT2D eigenvalue weighted by atomic mass is 10.2. The van der Waals surface area contributed by atoms with Crippen LogP contribution in [0.15, 0.2) is 23.1 Å². The molecule has 1 aromatic rings. The summed E-state index contributed by atoms with van der Waals surface area (Å²) in [5.74, 6) is 0. The predicted molar refractivity (Wildman–Crippen MR) is 37.3 cm³/mol. The van der Waals surface area contributed by atoms with E-state index in [1.807, 2.05) is 25.1 Å². The maximum absolute atomic E-state index is 4.08. The van der Waals surface area contributed by atoms with Gasteiger partial charge in [-0.25, -0.2) is 0 Å². The van der Waals surface area contributed by atoms with E-state index < -0.39 is 0 Å². The molecule has 0 saturated carbocycles. The lowest BCUT2D eigenvalue weighted by Gasteiger charge is -1.88. The molecular weight excluding hydrogens is 116 g/mol. The van der Waals surface area contributed by atoms with Crippen molar-refractivity contribution in [3.63, 3.8) is 0 Å². The second-order valence-corrected chi connectivity index (χ2v) is 2.23. The molecule has 0 N–H and O–H groups in total. The van der Waals surface area contributed by atoms with Gasteiger partial charge in [0.2, 0.25) is 0 Å². The van der Waals surface area contributed by atoms with Gasteiger partial charge in [-0.1, -0.05) is 17.7 Å². The van der Waals surface area contributed by atoms with Crippen LogP contribution in [0.3, 0.4) is 0 Å². The zero-order valence-corrected chi connectivity index (χ0v) is 5.57. The molecule has 0 aromatic heterocycles. The van der Waals surface area contributed by atoms with Gasteiger partial charge in [-0.3, -0.25) is 0 Å². The first kappa shape index (κ1) is 5.70. The van der Waals surface area contributed by atoms with Gasteiger partial charge in [0, 0.05) is 4.90 Å². The molecule has 0 atom stereocenters. The Morgan fingerprint density at radius 1 is 1.50 bits per heavy atom. The monoisotopic (exact) mass is 123 g/mol. The standard InChI is InChI=1S/C7H7S/c1-6-2-4-7(8)5-3-6/h2-4,8H,1H3. The third-order valence-electron chi connectivity index (χ3n) is 0.952. The van der Waals surface area contributed by atoms with E-state index in [0.29, 0.717) is 0 Å². The van der Waals surface area contributed by atoms with Crippen LogP contribution in [-0.4, -0.2) is 0 Å². The van der Waals surface area contributed by atoms with E-state index in [9.17, 15) is 0 Å². The van der Waals surface area contributed by atoms with Crippen LogP contribution in [-0.2, 0) is 0 Å². The maximum atomic E-state index is 4.08. The van der Waals surface area contributed by atoms with Crippen molar-refractivity contribution in [2.24, 2.45) is 0 Å². The highest BCUT2D eigenvalue weighted by atomic mass is 32.1. The quantitative estimate of drug-likeness (QED) is 0.502. The fourth-order valence-electron chi connectivity index (χ4n) is 0.494. The molecule has 0 saturated heterocycles. The number of aryl methyl sites for hydroxylation is 1. The minimum atomic E-state index is 0.899. The molecule has 0 aliphatic rings. The summed E-state index contributed by atoms with van der Waals surface area (Å²) in [6.45, 7) is 2.03. The van der Waals surface area contributed by atoms with E-state index in [-0.39, 0.29) is 0 Å². The Labute approximate surface area is 55.0 Å². The Balaban J connectivity index is 3.03. The van der Waals surface area contributed by atoms with E-state index in [1.165, 1.54) is 5.56 Å². The zero-order valence-electron chi connectivity index (χ0n) is 4.68. The van der Waals surface area contributed by atoms with Crippen LogP contribution in [0.4, 0.5) is 0 Å². The lowest BCUT2D eigenvalue weighted by molar-refractivity contribution is 1.37. The van der Waals surface area contributed by atoms with E-state index >= 15 is 0 Å². The average Bonchev–Trinajstić information content (AvgIpc) is 1.77. The summed E-state index contributed by atoms with van der Waals surface area (Å²) >= 11 is 4.08. The third-order valence-corrected chi connectivity index (χ3v) is 1.23. The van der Waals surface area contributed by atoms with Crippen molar-refractivity contribution in [3.05, 3.63) is 29.8 Å². The summed E-state index contributed by atoms with van der Waals surface area (Å²) in [6, 6.07) is 8.82. The Bertz CT molecular complexity index is 143. The van der Waals surface area contributed by atoms with Crippen LogP contribution in [0.2, 0.25) is 0 Å². The zero-order chi connectivity index (χ0) is 5.98. The van der Waals surface area contributed by atoms with Crippen LogP contribution < -0.4 is 0 Å². The van der Waals surface area contributed by atoms with Crippen molar-refractivity contribution in [2.45, 2.75) is 11.8 Å². The summed E-state index contributed by atoms with van der Waals surface area (Å²) in [6.07, 6.45) is 0. The SMILES string of the molecule is Cc1c[c]c(S)cc1. The van der Waals surface area contributed by atoms with E-state index in [1.54, 1.807) is 0 Å². The summed E-state index contributed by atoms with van der Waals surface area (Å²) in [4.78, 5) is 0.899. The number of hydrogen-bond donors (Lipinski definition) is 1. The van der Waals surface area contributed by atoms with Gasteiger partial charge in [-0.2, -0.15) is 0 Å². The van der Waals surface area contributed by atoms with Crippen molar-refractivity contribution in [1.29, 1.82) is 0 Å². The molecule has 1 radical (unpaired) electrons. The van der Waals surface area contributed by atoms with Crippen molar-refractivity contribution in [3.8, 4) is 0 Å². The Kier molecular flexibility index (Phi) is 1.59. The predicted octanol–water partition coefficient (Wildman–Crippen LogP) is 2.08. The first-order valence-corrected chi connectivity index (χ1v) is 2.91. The molecule has 1 rings (SSSR count). The molecule has 0 heterocycles. The van der Waals surface area contributed by atoms with Crippen LogP contribution >= 0.6 is 12.6 Å². The Morgan fingerprint density at radius 2 is 2.25 bits per heavy atom. The molecule has 1 aromatic carbocycles. The Hall–Kier alpha value is -0.430. The van der Waals surface area contributed by atoms with Crippen molar-refractivity contribution < 1.29 is 0 Å². The summed E-state index contributed by atoms with van der Waals surface area (Å²) in [7, 11) is 0. The summed E-state index contributed by atoms with van der Waals surface area (Å²) < 4.78 is 0. The van der Waals surface area contributed by atoms with Gasteiger partial charge < -0.3 is 0 Å². The molecule has 0 aliphatic carbocycles. The maximum Gasteiger partial charge on any atom is 0.0119 e. The van der Waals surface area contributed by atoms with Gasteiger partial charge in [0.25, 0.3) is 0 Å². The number of benzene rings is 1. The molecule has 8 heavy (non-hydrogen) atoms. The molecule has 0 nitrogen and oxygen atoms in total. The smallest absolute Gasteiger partial charge is 0.0119 e. The van der Waals surface area contributed by atoms with Crippen molar-refractivity contribution >= 4 is 12.6 Å². The molecule has 0 spiro atoms. The van der Waals surface area contributed by atoms with Crippen molar-refractivity contribution in [2.75, 3.05) is 0 Å². The van der Waals surface area contributed by atoms with Crippen LogP contribution in [0.1, 0.15) is 5.56 Å². The lowest BCUT2D eigenvalue weighted by Crippen LogP contribution is -1.68. The number of rotatable bonds is 0. The summed E-state index contributed by atoms with van der Waals surface area (Å²) in [5, 5.41) is 0. The number of thiol groups is 1. The fourth-order valence-corrected chi connectivity index (χ4v) is 0.633. The van der Waals surface area contributed by atoms with Gasteiger partial charge in [0.1, 0.15) is 0 Å². The highest BCUT2D eigenvalue weighted by Gasteiger charge is 1.81. The molecule has 0 fully saturated rings. The second-order valence-electron chi connectivity index (χ2n) is 1.75. The molecule has 0 bridgehead atoms. The van der Waals surface area contributed by atoms with Gasteiger partial charge in [-0.05, 0) is 19.1 Å². The molecule has 0 unspecified atom stereocenters. The van der Waals surface area contributed by atoms with Crippen LogP contribution in [0.25, 0.3) is 0 Å². The second kappa shape index (κ2) is 2.23.